The molecule has 304 valence electrons. The standard InChI is InChI=1S/C41H61N5O9/c1-9-41(7,8)55-39(53)46-33(26-29-20-14-11-15-21-29)36(49)45-32(25-28-18-12-10-13-19-28)35(48)44-31(24-27(2)3)34(47)43-30(37(50)51)22-16-17-23-42-38(52)54-40(4,5)6/h10-15,18-21,27,30-33H,9,16-17,22-26H2,1-8H3,(H,42,52)(H,43,47)(H,44,48)(H,45,49)(H,46,53)(H,50,51)/t30-,31-,32-,33-/m1/s1. The van der Waals surface area contributed by atoms with Crippen molar-refractivity contribution in [2.24, 2.45) is 5.92 Å². The Morgan fingerprint density at radius 1 is 0.636 bits per heavy atom. The zero-order valence-corrected chi connectivity index (χ0v) is 33.5. The van der Waals surface area contributed by atoms with Crippen molar-refractivity contribution in [3.8, 4) is 0 Å². The van der Waals surface area contributed by atoms with Crippen LogP contribution in [0.3, 0.4) is 0 Å². The normalized spacial score (nSPS) is 13.7. The quantitative estimate of drug-likeness (QED) is 0.0943. The third kappa shape index (κ3) is 18.6. The molecule has 6 N–H and O–H groups in total. The average molecular weight is 768 g/mol. The Kier molecular flexibility index (Phi) is 18.6. The highest BCUT2D eigenvalue weighted by Crippen LogP contribution is 2.15. The van der Waals surface area contributed by atoms with Gasteiger partial charge in [-0.2, -0.15) is 0 Å². The number of nitrogens with one attached hydrogen (secondary N) is 5. The van der Waals surface area contributed by atoms with Crippen LogP contribution in [0, 0.1) is 5.92 Å². The number of amides is 5. The maximum atomic E-state index is 14.0. The first-order chi connectivity index (χ1) is 25.8. The lowest BCUT2D eigenvalue weighted by Gasteiger charge is -2.28. The molecule has 0 fully saturated rings. The van der Waals surface area contributed by atoms with Crippen molar-refractivity contribution in [2.45, 2.75) is 136 Å². The van der Waals surface area contributed by atoms with Crippen LogP contribution in [-0.4, -0.2) is 82.9 Å². The number of carbonyl (C=O) groups excluding carboxylic acids is 5. The summed E-state index contributed by atoms with van der Waals surface area (Å²) in [6, 6.07) is 13.5. The molecule has 55 heavy (non-hydrogen) atoms. The smallest absolute Gasteiger partial charge is 0.408 e. The molecule has 14 nitrogen and oxygen atoms in total. The lowest BCUT2D eigenvalue weighted by molar-refractivity contribution is -0.142. The Morgan fingerprint density at radius 2 is 1.11 bits per heavy atom. The zero-order chi connectivity index (χ0) is 41.2. The van der Waals surface area contributed by atoms with E-state index >= 15 is 0 Å². The van der Waals surface area contributed by atoms with Gasteiger partial charge in [-0.1, -0.05) is 81.4 Å². The topological polar surface area (TPSA) is 201 Å². The van der Waals surface area contributed by atoms with E-state index in [0.29, 0.717) is 19.3 Å². The molecule has 0 saturated heterocycles. The molecule has 2 rings (SSSR count). The molecule has 0 heterocycles. The number of rotatable bonds is 21. The number of carbonyl (C=O) groups is 6. The third-order valence-corrected chi connectivity index (χ3v) is 8.57. The summed E-state index contributed by atoms with van der Waals surface area (Å²) >= 11 is 0. The van der Waals surface area contributed by atoms with E-state index in [-0.39, 0.29) is 38.1 Å². The lowest BCUT2D eigenvalue weighted by Crippen LogP contribution is -2.59. The van der Waals surface area contributed by atoms with Gasteiger partial charge in [-0.15, -0.1) is 0 Å². The predicted molar refractivity (Wildman–Crippen MR) is 209 cm³/mol. The fraction of sp³-hybridized carbons (Fsp3) is 0.561. The summed E-state index contributed by atoms with van der Waals surface area (Å²) in [4.78, 5) is 78.6. The van der Waals surface area contributed by atoms with Crippen LogP contribution in [0.5, 0.6) is 0 Å². The third-order valence-electron chi connectivity index (χ3n) is 8.57. The van der Waals surface area contributed by atoms with Crippen LogP contribution >= 0.6 is 0 Å². The molecule has 0 aliphatic carbocycles. The van der Waals surface area contributed by atoms with E-state index in [9.17, 15) is 33.9 Å². The van der Waals surface area contributed by atoms with E-state index < -0.39 is 71.2 Å². The number of carboxylic acids is 1. The highest BCUT2D eigenvalue weighted by Gasteiger charge is 2.33. The van der Waals surface area contributed by atoms with Gasteiger partial charge in [0.1, 0.15) is 35.4 Å². The molecule has 2 aromatic carbocycles. The largest absolute Gasteiger partial charge is 0.480 e. The zero-order valence-electron chi connectivity index (χ0n) is 33.5. The Labute approximate surface area is 325 Å². The first kappa shape index (κ1) is 46.0. The highest BCUT2D eigenvalue weighted by atomic mass is 16.6. The van der Waals surface area contributed by atoms with E-state index in [1.54, 1.807) is 58.9 Å². The maximum Gasteiger partial charge on any atom is 0.408 e. The highest BCUT2D eigenvalue weighted by molar-refractivity contribution is 5.95. The molecule has 0 aliphatic heterocycles. The SMILES string of the molecule is CCC(C)(C)OC(=O)N[C@H](Cc1ccccc1)C(=O)N[C@H](Cc1ccccc1)C(=O)N[C@H](CC(C)C)C(=O)N[C@H](CCCCNC(=O)OC(C)(C)C)C(=O)O. The van der Waals surface area contributed by atoms with Gasteiger partial charge in [0, 0.05) is 19.4 Å². The van der Waals surface area contributed by atoms with E-state index in [1.165, 1.54) is 0 Å². The number of aliphatic carboxylic acids is 1. The first-order valence-electron chi connectivity index (χ1n) is 19.0. The van der Waals surface area contributed by atoms with Gasteiger partial charge in [0.05, 0.1) is 0 Å². The van der Waals surface area contributed by atoms with Crippen LogP contribution in [0.15, 0.2) is 60.7 Å². The summed E-state index contributed by atoms with van der Waals surface area (Å²) in [6.07, 6.45) is 0.447. The molecule has 0 saturated carbocycles. The minimum Gasteiger partial charge on any atom is -0.480 e. The fourth-order valence-corrected chi connectivity index (χ4v) is 5.37. The lowest BCUT2D eigenvalue weighted by atomic mass is 9.99. The van der Waals surface area contributed by atoms with Crippen molar-refractivity contribution in [3.63, 3.8) is 0 Å². The summed E-state index contributed by atoms with van der Waals surface area (Å²) in [7, 11) is 0. The van der Waals surface area contributed by atoms with E-state index in [0.717, 1.165) is 11.1 Å². The number of hydrogen-bond acceptors (Lipinski definition) is 8. The molecular formula is C41H61N5O9. The number of ether oxygens (including phenoxy) is 2. The molecule has 5 amide bonds. The van der Waals surface area contributed by atoms with Gasteiger partial charge in [-0.05, 0) is 83.8 Å². The molecule has 14 heteroatoms. The van der Waals surface area contributed by atoms with E-state index in [4.69, 9.17) is 9.47 Å². The molecular weight excluding hydrogens is 706 g/mol. The van der Waals surface area contributed by atoms with E-state index in [2.05, 4.69) is 26.6 Å². The Hall–Kier alpha value is -5.14. The molecule has 0 aromatic heterocycles. The first-order valence-corrected chi connectivity index (χ1v) is 19.0. The van der Waals surface area contributed by atoms with Crippen molar-refractivity contribution >= 4 is 35.9 Å². The molecule has 0 unspecified atom stereocenters. The second-order valence-corrected chi connectivity index (χ2v) is 15.7. The molecule has 0 aliphatic rings. The number of unbranched alkanes of at least 4 members (excludes halogenated alkanes) is 1. The van der Waals surface area contributed by atoms with Crippen LogP contribution in [0.25, 0.3) is 0 Å². The molecule has 0 bridgehead atoms. The van der Waals surface area contributed by atoms with Crippen molar-refractivity contribution in [1.82, 2.24) is 26.6 Å². The Morgan fingerprint density at radius 3 is 1.58 bits per heavy atom. The van der Waals surface area contributed by atoms with Gasteiger partial charge in [0.25, 0.3) is 0 Å². The van der Waals surface area contributed by atoms with Crippen LogP contribution in [-0.2, 0) is 41.5 Å². The average Bonchev–Trinajstić information content (AvgIpc) is 3.09. The Balaban J connectivity index is 2.25. The van der Waals surface area contributed by atoms with Crippen molar-refractivity contribution in [3.05, 3.63) is 71.8 Å². The molecule has 4 atom stereocenters. The van der Waals surface area contributed by atoms with Crippen LogP contribution in [0.2, 0.25) is 0 Å². The van der Waals surface area contributed by atoms with Crippen LogP contribution < -0.4 is 26.6 Å². The summed E-state index contributed by atoms with van der Waals surface area (Å²) in [6.45, 7) is 14.6. The summed E-state index contributed by atoms with van der Waals surface area (Å²) in [5.41, 5.74) is 0.0683. The fourth-order valence-electron chi connectivity index (χ4n) is 5.37. The van der Waals surface area contributed by atoms with Crippen LogP contribution in [0.1, 0.15) is 98.6 Å². The summed E-state index contributed by atoms with van der Waals surface area (Å²) in [5, 5.41) is 23.3. The van der Waals surface area contributed by atoms with Gasteiger partial charge in [-0.3, -0.25) is 14.4 Å². The molecule has 2 aromatic rings. The molecule has 0 spiro atoms. The van der Waals surface area contributed by atoms with Crippen LogP contribution in [0.4, 0.5) is 9.59 Å². The summed E-state index contributed by atoms with van der Waals surface area (Å²) in [5.74, 6) is -3.29. The van der Waals surface area contributed by atoms with Gasteiger partial charge < -0.3 is 41.2 Å². The minimum atomic E-state index is -1.25. The van der Waals surface area contributed by atoms with E-state index in [1.807, 2.05) is 57.2 Å². The monoisotopic (exact) mass is 767 g/mol. The number of benzene rings is 2. The van der Waals surface area contributed by atoms with Gasteiger partial charge in [0.2, 0.25) is 17.7 Å². The number of carboxylic acid groups (broad SMARTS) is 1. The van der Waals surface area contributed by atoms with Crippen molar-refractivity contribution in [2.75, 3.05) is 6.54 Å². The number of hydrogen-bond donors (Lipinski definition) is 6. The second-order valence-electron chi connectivity index (χ2n) is 15.7. The van der Waals surface area contributed by atoms with Gasteiger partial charge in [-0.25, -0.2) is 14.4 Å². The van der Waals surface area contributed by atoms with Gasteiger partial charge in [0.15, 0.2) is 0 Å². The maximum absolute atomic E-state index is 14.0. The number of alkyl carbamates (subject to hydrolysis) is 2. The summed E-state index contributed by atoms with van der Waals surface area (Å²) < 4.78 is 10.8. The van der Waals surface area contributed by atoms with Crippen molar-refractivity contribution < 1.29 is 43.3 Å². The van der Waals surface area contributed by atoms with Gasteiger partial charge >= 0.3 is 18.2 Å². The minimum absolute atomic E-state index is 0.0644. The predicted octanol–water partition coefficient (Wildman–Crippen LogP) is 5.04. The Bertz CT molecular complexity index is 1540. The molecule has 0 radical (unpaired) electrons. The second kappa shape index (κ2) is 22.3. The van der Waals surface area contributed by atoms with Crippen molar-refractivity contribution in [1.29, 1.82) is 0 Å².